The number of fused-ring (bicyclic) bond motifs is 1. The average Bonchev–Trinajstić information content (AvgIpc) is 3.16. The Kier molecular flexibility index (Phi) is 5.39. The highest BCUT2D eigenvalue weighted by molar-refractivity contribution is 6.10. The van der Waals surface area contributed by atoms with Gasteiger partial charge in [0, 0.05) is 29.1 Å². The summed E-state index contributed by atoms with van der Waals surface area (Å²) in [4.78, 5) is 33.3. The van der Waals surface area contributed by atoms with Crippen LogP contribution in [0.25, 0.3) is 11.1 Å². The van der Waals surface area contributed by atoms with Gasteiger partial charge in [0.25, 0.3) is 5.91 Å². The van der Waals surface area contributed by atoms with E-state index >= 15 is 0 Å². The topological polar surface area (TPSA) is 146 Å². The summed E-state index contributed by atoms with van der Waals surface area (Å²) < 4.78 is 12.7. The molecule has 1 amide bonds. The molecule has 2 aromatic heterocycles. The molecule has 3 aromatic rings. The van der Waals surface area contributed by atoms with Crippen molar-refractivity contribution in [1.29, 1.82) is 0 Å². The quantitative estimate of drug-likeness (QED) is 0.600. The summed E-state index contributed by atoms with van der Waals surface area (Å²) in [6.45, 7) is 0.806. The van der Waals surface area contributed by atoms with Gasteiger partial charge in [0.1, 0.15) is 30.1 Å². The van der Waals surface area contributed by atoms with Gasteiger partial charge >= 0.3 is 5.97 Å². The van der Waals surface area contributed by atoms with E-state index in [1.807, 2.05) is 6.07 Å². The Morgan fingerprint density at radius 3 is 2.97 bits per heavy atom. The van der Waals surface area contributed by atoms with E-state index in [0.29, 0.717) is 18.0 Å². The molecule has 0 bridgehead atoms. The van der Waals surface area contributed by atoms with Crippen molar-refractivity contribution in [2.24, 2.45) is 0 Å². The van der Waals surface area contributed by atoms with Crippen LogP contribution in [0.4, 0.5) is 11.5 Å². The number of nitrogens with zero attached hydrogens (tertiary/aromatic N) is 5. The van der Waals surface area contributed by atoms with Crippen molar-refractivity contribution in [1.82, 2.24) is 19.7 Å². The van der Waals surface area contributed by atoms with Gasteiger partial charge in [0.05, 0.1) is 32.8 Å². The molecule has 0 saturated carbocycles. The molecule has 11 nitrogen and oxygen atoms in total. The second-order valence-corrected chi connectivity index (χ2v) is 6.76. The van der Waals surface area contributed by atoms with Crippen LogP contribution in [-0.2, 0) is 11.3 Å². The SMILES string of the molecule is COc1cc(N2CCOc3ncnc(N)c3C2=O)ccc1-c1cnn(CCC(=O)O)c1. The molecule has 1 aliphatic rings. The van der Waals surface area contributed by atoms with E-state index < -0.39 is 5.97 Å². The molecule has 0 spiro atoms. The molecule has 0 fully saturated rings. The van der Waals surface area contributed by atoms with E-state index in [-0.39, 0.29) is 42.7 Å². The number of carbonyl (C=O) groups is 2. The van der Waals surface area contributed by atoms with Gasteiger partial charge in [-0.2, -0.15) is 5.10 Å². The molecule has 160 valence electrons. The van der Waals surface area contributed by atoms with E-state index in [1.54, 1.807) is 29.2 Å². The monoisotopic (exact) mass is 424 g/mol. The lowest BCUT2D eigenvalue weighted by Gasteiger charge is -2.21. The number of carbonyl (C=O) groups excluding carboxylic acids is 1. The van der Waals surface area contributed by atoms with Crippen molar-refractivity contribution < 1.29 is 24.2 Å². The Balaban J connectivity index is 1.65. The van der Waals surface area contributed by atoms with E-state index in [0.717, 1.165) is 11.1 Å². The Morgan fingerprint density at radius 2 is 2.19 bits per heavy atom. The zero-order valence-corrected chi connectivity index (χ0v) is 16.7. The van der Waals surface area contributed by atoms with Gasteiger partial charge in [0.2, 0.25) is 5.88 Å². The number of hydrogen-bond acceptors (Lipinski definition) is 8. The number of aliphatic carboxylic acids is 1. The maximum Gasteiger partial charge on any atom is 0.305 e. The summed E-state index contributed by atoms with van der Waals surface area (Å²) >= 11 is 0. The molecular formula is C20H20N6O5. The van der Waals surface area contributed by atoms with E-state index in [2.05, 4.69) is 15.1 Å². The fourth-order valence-electron chi connectivity index (χ4n) is 3.33. The van der Waals surface area contributed by atoms with Crippen LogP contribution >= 0.6 is 0 Å². The summed E-state index contributed by atoms with van der Waals surface area (Å²) in [5, 5.41) is 13.0. The molecule has 1 aliphatic heterocycles. The summed E-state index contributed by atoms with van der Waals surface area (Å²) in [5.41, 5.74) is 8.15. The summed E-state index contributed by atoms with van der Waals surface area (Å²) in [6, 6.07) is 5.35. The van der Waals surface area contributed by atoms with Crippen LogP contribution in [0, 0.1) is 0 Å². The number of methoxy groups -OCH3 is 1. The number of carboxylic acids is 1. The molecule has 31 heavy (non-hydrogen) atoms. The van der Waals surface area contributed by atoms with Crippen LogP contribution in [0.5, 0.6) is 11.6 Å². The number of benzene rings is 1. The third kappa shape index (κ3) is 3.97. The highest BCUT2D eigenvalue weighted by atomic mass is 16.5. The van der Waals surface area contributed by atoms with Crippen LogP contribution in [0.3, 0.4) is 0 Å². The first-order valence-electron chi connectivity index (χ1n) is 9.45. The maximum atomic E-state index is 13.1. The Labute approximate surface area is 177 Å². The number of nitrogens with two attached hydrogens (primary N) is 1. The fourth-order valence-corrected chi connectivity index (χ4v) is 3.33. The van der Waals surface area contributed by atoms with Crippen LogP contribution in [0.1, 0.15) is 16.8 Å². The second-order valence-electron chi connectivity index (χ2n) is 6.76. The minimum absolute atomic E-state index is 0.0232. The number of nitrogen functional groups attached to an aromatic ring is 1. The van der Waals surface area contributed by atoms with Crippen molar-refractivity contribution in [3.63, 3.8) is 0 Å². The van der Waals surface area contributed by atoms with Gasteiger partial charge in [-0.3, -0.25) is 14.3 Å². The lowest BCUT2D eigenvalue weighted by atomic mass is 10.1. The van der Waals surface area contributed by atoms with Crippen molar-refractivity contribution in [2.45, 2.75) is 13.0 Å². The standard InChI is InChI=1S/C20H20N6O5/c1-30-15-8-13(2-3-14(15)12-9-24-25(10-12)5-4-16(27)28)26-6-7-31-19-17(20(26)29)18(21)22-11-23-19/h2-3,8-11H,4-7H2,1H3,(H,27,28)(H2,21,22,23). The van der Waals surface area contributed by atoms with Crippen molar-refractivity contribution >= 4 is 23.4 Å². The third-order valence-electron chi connectivity index (χ3n) is 4.85. The zero-order valence-electron chi connectivity index (χ0n) is 16.7. The maximum absolute atomic E-state index is 13.1. The van der Waals surface area contributed by atoms with Crippen LogP contribution in [0.15, 0.2) is 36.9 Å². The van der Waals surface area contributed by atoms with Crippen molar-refractivity contribution in [3.05, 3.63) is 42.5 Å². The Hall–Kier alpha value is -4.15. The first-order chi connectivity index (χ1) is 15.0. The number of aryl methyl sites for hydroxylation is 1. The normalized spacial score (nSPS) is 13.3. The van der Waals surface area contributed by atoms with Crippen LogP contribution < -0.4 is 20.1 Å². The summed E-state index contributed by atoms with van der Waals surface area (Å²) in [5.74, 6) is -0.498. The molecule has 0 aliphatic carbocycles. The van der Waals surface area contributed by atoms with Crippen molar-refractivity contribution in [2.75, 3.05) is 30.9 Å². The van der Waals surface area contributed by atoms with Crippen LogP contribution in [-0.4, -0.2) is 57.0 Å². The summed E-state index contributed by atoms with van der Waals surface area (Å²) in [7, 11) is 1.53. The fraction of sp³-hybridized carbons (Fsp3) is 0.250. The molecule has 0 saturated heterocycles. The predicted molar refractivity (Wildman–Crippen MR) is 110 cm³/mol. The largest absolute Gasteiger partial charge is 0.496 e. The number of aromatic nitrogens is 4. The summed E-state index contributed by atoms with van der Waals surface area (Å²) in [6.07, 6.45) is 4.62. The van der Waals surface area contributed by atoms with Gasteiger partial charge in [-0.05, 0) is 12.1 Å². The van der Waals surface area contributed by atoms with Crippen LogP contribution in [0.2, 0.25) is 0 Å². The molecule has 4 rings (SSSR count). The van der Waals surface area contributed by atoms with Crippen molar-refractivity contribution in [3.8, 4) is 22.8 Å². The van der Waals surface area contributed by atoms with E-state index in [4.69, 9.17) is 20.3 Å². The number of hydrogen-bond donors (Lipinski definition) is 2. The molecule has 0 radical (unpaired) electrons. The second kappa shape index (κ2) is 8.30. The molecular weight excluding hydrogens is 404 g/mol. The predicted octanol–water partition coefficient (Wildman–Crippen LogP) is 1.44. The zero-order chi connectivity index (χ0) is 22.0. The Bertz CT molecular complexity index is 1140. The smallest absolute Gasteiger partial charge is 0.305 e. The molecule has 3 N–H and O–H groups in total. The molecule has 0 unspecified atom stereocenters. The lowest BCUT2D eigenvalue weighted by molar-refractivity contribution is -0.137. The first-order valence-corrected chi connectivity index (χ1v) is 9.45. The minimum Gasteiger partial charge on any atom is -0.496 e. The van der Waals surface area contributed by atoms with E-state index in [1.165, 1.54) is 18.3 Å². The third-order valence-corrected chi connectivity index (χ3v) is 4.85. The lowest BCUT2D eigenvalue weighted by Crippen LogP contribution is -2.32. The first kappa shape index (κ1) is 20.1. The van der Waals surface area contributed by atoms with Gasteiger partial charge in [-0.15, -0.1) is 0 Å². The molecule has 3 heterocycles. The number of ether oxygens (including phenoxy) is 2. The molecule has 0 atom stereocenters. The average molecular weight is 424 g/mol. The molecule has 1 aromatic carbocycles. The number of amides is 1. The number of anilines is 2. The van der Waals surface area contributed by atoms with Gasteiger partial charge in [-0.1, -0.05) is 0 Å². The number of rotatable bonds is 6. The van der Waals surface area contributed by atoms with Gasteiger partial charge in [0.15, 0.2) is 0 Å². The molecule has 11 heteroatoms. The minimum atomic E-state index is -0.891. The van der Waals surface area contributed by atoms with Gasteiger partial charge in [-0.25, -0.2) is 9.97 Å². The van der Waals surface area contributed by atoms with E-state index in [9.17, 15) is 9.59 Å². The highest BCUT2D eigenvalue weighted by Gasteiger charge is 2.29. The van der Waals surface area contributed by atoms with Gasteiger partial charge < -0.3 is 25.2 Å². The highest BCUT2D eigenvalue weighted by Crippen LogP contribution is 2.35. The number of carboxylic acid groups (broad SMARTS) is 1. The Morgan fingerprint density at radius 1 is 1.35 bits per heavy atom.